The number of hydrogen-bond acceptors (Lipinski definition) is 5. The maximum absolute atomic E-state index is 12.8. The highest BCUT2D eigenvalue weighted by Crippen LogP contribution is 2.34. The number of carbonyl (C=O) groups excluding carboxylic acids is 2. The quantitative estimate of drug-likeness (QED) is 0.802. The number of amides is 1. The number of rotatable bonds is 5. The van der Waals surface area contributed by atoms with Crippen LogP contribution < -0.4 is 14.8 Å². The van der Waals surface area contributed by atoms with Gasteiger partial charge in [-0.15, -0.1) is 0 Å². The number of benzene rings is 1. The molecule has 0 saturated carbocycles. The van der Waals surface area contributed by atoms with Gasteiger partial charge in [0.1, 0.15) is 5.69 Å². The Morgan fingerprint density at radius 1 is 1.27 bits per heavy atom. The number of carbonyl (C=O) groups is 2. The molecule has 1 atom stereocenters. The van der Waals surface area contributed by atoms with Gasteiger partial charge in [-0.1, -0.05) is 6.07 Å². The van der Waals surface area contributed by atoms with Crippen LogP contribution in [-0.2, 0) is 4.74 Å². The third kappa shape index (κ3) is 3.24. The summed E-state index contributed by atoms with van der Waals surface area (Å²) in [4.78, 5) is 27.7. The van der Waals surface area contributed by atoms with E-state index < -0.39 is 5.97 Å². The average molecular weight is 358 g/mol. The second-order valence-electron chi connectivity index (χ2n) is 6.15. The Morgan fingerprint density at radius 3 is 2.73 bits per heavy atom. The molecular weight excluding hydrogens is 336 g/mol. The normalized spacial score (nSPS) is 13.4. The van der Waals surface area contributed by atoms with Crippen LogP contribution in [0.4, 0.5) is 0 Å². The summed E-state index contributed by atoms with van der Waals surface area (Å²) in [7, 11) is 0. The first-order chi connectivity index (χ1) is 12.4. The van der Waals surface area contributed by atoms with Crippen molar-refractivity contribution in [3.05, 3.63) is 46.3 Å². The highest BCUT2D eigenvalue weighted by Gasteiger charge is 2.24. The number of aryl methyl sites for hydroxylation is 1. The minimum atomic E-state index is -0.462. The van der Waals surface area contributed by atoms with Gasteiger partial charge in [0.05, 0.1) is 18.2 Å². The minimum Gasteiger partial charge on any atom is -0.461 e. The maximum atomic E-state index is 12.8. The summed E-state index contributed by atoms with van der Waals surface area (Å²) >= 11 is 0. The van der Waals surface area contributed by atoms with Crippen LogP contribution >= 0.6 is 0 Å². The molecule has 2 N–H and O–H groups in total. The molecule has 138 valence electrons. The number of esters is 1. The summed E-state index contributed by atoms with van der Waals surface area (Å²) in [5.41, 5.74) is 2.88. The number of ether oxygens (including phenoxy) is 3. The van der Waals surface area contributed by atoms with E-state index in [9.17, 15) is 9.59 Å². The smallest absolute Gasteiger partial charge is 0.355 e. The molecule has 0 radical (unpaired) electrons. The molecule has 1 aliphatic rings. The SMILES string of the molecule is CCOC(=O)c1[nH]c(C)c(C(=O)NC(C)c2ccc3c(c2)OCO3)c1C. The molecule has 7 nitrogen and oxygen atoms in total. The van der Waals surface area contributed by atoms with Crippen molar-refractivity contribution in [1.82, 2.24) is 10.3 Å². The van der Waals surface area contributed by atoms with Gasteiger partial charge in [0, 0.05) is 5.69 Å². The summed E-state index contributed by atoms with van der Waals surface area (Å²) in [5, 5.41) is 2.96. The first-order valence-corrected chi connectivity index (χ1v) is 8.49. The van der Waals surface area contributed by atoms with Crippen LogP contribution in [0.25, 0.3) is 0 Å². The Balaban J connectivity index is 1.78. The molecular formula is C19H22N2O5. The van der Waals surface area contributed by atoms with Gasteiger partial charge in [0.15, 0.2) is 11.5 Å². The summed E-state index contributed by atoms with van der Waals surface area (Å²) in [5.74, 6) is 0.652. The topological polar surface area (TPSA) is 89.7 Å². The lowest BCUT2D eigenvalue weighted by atomic mass is 10.1. The summed E-state index contributed by atoms with van der Waals surface area (Å²) in [6.45, 7) is 7.60. The van der Waals surface area contributed by atoms with Gasteiger partial charge in [-0.3, -0.25) is 4.79 Å². The van der Waals surface area contributed by atoms with Gasteiger partial charge in [-0.25, -0.2) is 4.79 Å². The van der Waals surface area contributed by atoms with E-state index >= 15 is 0 Å². The lowest BCUT2D eigenvalue weighted by molar-refractivity contribution is 0.0519. The van der Waals surface area contributed by atoms with Crippen LogP contribution in [0.5, 0.6) is 11.5 Å². The highest BCUT2D eigenvalue weighted by atomic mass is 16.7. The van der Waals surface area contributed by atoms with Crippen molar-refractivity contribution in [2.75, 3.05) is 13.4 Å². The monoisotopic (exact) mass is 358 g/mol. The van der Waals surface area contributed by atoms with Crippen LogP contribution in [0.2, 0.25) is 0 Å². The molecule has 0 spiro atoms. The molecule has 2 heterocycles. The average Bonchev–Trinajstić information content (AvgIpc) is 3.18. The molecule has 1 aliphatic heterocycles. The van der Waals surface area contributed by atoms with E-state index in [1.807, 2.05) is 25.1 Å². The van der Waals surface area contributed by atoms with Crippen LogP contribution in [0, 0.1) is 13.8 Å². The number of aromatic nitrogens is 1. The zero-order valence-electron chi connectivity index (χ0n) is 15.3. The number of nitrogens with one attached hydrogen (secondary N) is 2. The van der Waals surface area contributed by atoms with Gasteiger partial charge in [0.25, 0.3) is 5.91 Å². The van der Waals surface area contributed by atoms with Gasteiger partial charge < -0.3 is 24.5 Å². The molecule has 7 heteroatoms. The fourth-order valence-corrected chi connectivity index (χ4v) is 3.03. The fourth-order valence-electron chi connectivity index (χ4n) is 3.03. The molecule has 1 unspecified atom stereocenters. The van der Waals surface area contributed by atoms with Crippen molar-refractivity contribution < 1.29 is 23.8 Å². The third-order valence-corrected chi connectivity index (χ3v) is 4.39. The second kappa shape index (κ2) is 7.11. The molecule has 0 bridgehead atoms. The molecule has 0 aliphatic carbocycles. The van der Waals surface area contributed by atoms with Crippen molar-refractivity contribution in [2.45, 2.75) is 33.7 Å². The van der Waals surface area contributed by atoms with E-state index in [2.05, 4.69) is 10.3 Å². The predicted octanol–water partition coefficient (Wildman–Crippen LogP) is 3.03. The molecule has 1 aromatic carbocycles. The zero-order valence-corrected chi connectivity index (χ0v) is 15.3. The molecule has 2 aromatic rings. The van der Waals surface area contributed by atoms with E-state index in [1.54, 1.807) is 20.8 Å². The zero-order chi connectivity index (χ0) is 18.8. The van der Waals surface area contributed by atoms with Crippen LogP contribution in [0.1, 0.15) is 57.6 Å². The Kier molecular flexibility index (Phi) is 4.88. The van der Waals surface area contributed by atoms with E-state index in [0.29, 0.717) is 34.0 Å². The first kappa shape index (κ1) is 17.8. The number of aromatic amines is 1. The summed E-state index contributed by atoms with van der Waals surface area (Å²) in [6.07, 6.45) is 0. The molecule has 1 amide bonds. The molecule has 26 heavy (non-hydrogen) atoms. The van der Waals surface area contributed by atoms with E-state index in [1.165, 1.54) is 0 Å². The Hall–Kier alpha value is -2.96. The Morgan fingerprint density at radius 2 is 2.00 bits per heavy atom. The minimum absolute atomic E-state index is 0.206. The van der Waals surface area contributed by atoms with Gasteiger partial charge in [0.2, 0.25) is 6.79 Å². The fraction of sp³-hybridized carbons (Fsp3) is 0.368. The maximum Gasteiger partial charge on any atom is 0.355 e. The standard InChI is InChI=1S/C19H22N2O5/c1-5-24-19(23)17-10(2)16(12(4)20-17)18(22)21-11(3)13-6-7-14-15(8-13)26-9-25-14/h6-8,11,20H,5,9H2,1-4H3,(H,21,22). The van der Waals surface area contributed by atoms with Crippen molar-refractivity contribution in [2.24, 2.45) is 0 Å². The molecule has 3 rings (SSSR count). The number of H-pyrrole nitrogens is 1. The van der Waals surface area contributed by atoms with Crippen molar-refractivity contribution in [3.63, 3.8) is 0 Å². The highest BCUT2D eigenvalue weighted by molar-refractivity contribution is 6.01. The number of hydrogen-bond donors (Lipinski definition) is 2. The lowest BCUT2D eigenvalue weighted by Gasteiger charge is -2.15. The van der Waals surface area contributed by atoms with Crippen molar-refractivity contribution in [1.29, 1.82) is 0 Å². The van der Waals surface area contributed by atoms with Crippen LogP contribution in [0.15, 0.2) is 18.2 Å². The predicted molar refractivity (Wildman–Crippen MR) is 94.7 cm³/mol. The third-order valence-electron chi connectivity index (χ3n) is 4.39. The lowest BCUT2D eigenvalue weighted by Crippen LogP contribution is -2.27. The largest absolute Gasteiger partial charge is 0.461 e. The Labute approximate surface area is 151 Å². The van der Waals surface area contributed by atoms with Crippen molar-refractivity contribution >= 4 is 11.9 Å². The second-order valence-corrected chi connectivity index (χ2v) is 6.15. The van der Waals surface area contributed by atoms with E-state index in [-0.39, 0.29) is 25.3 Å². The molecule has 0 fully saturated rings. The summed E-state index contributed by atoms with van der Waals surface area (Å²) < 4.78 is 15.7. The van der Waals surface area contributed by atoms with Crippen LogP contribution in [-0.4, -0.2) is 30.3 Å². The van der Waals surface area contributed by atoms with E-state index in [4.69, 9.17) is 14.2 Å². The van der Waals surface area contributed by atoms with Gasteiger partial charge in [-0.05, 0) is 51.0 Å². The van der Waals surface area contributed by atoms with Crippen LogP contribution in [0.3, 0.4) is 0 Å². The molecule has 0 saturated heterocycles. The first-order valence-electron chi connectivity index (χ1n) is 8.49. The van der Waals surface area contributed by atoms with E-state index in [0.717, 1.165) is 5.56 Å². The number of fused-ring (bicyclic) bond motifs is 1. The van der Waals surface area contributed by atoms with Gasteiger partial charge in [-0.2, -0.15) is 0 Å². The van der Waals surface area contributed by atoms with Crippen molar-refractivity contribution in [3.8, 4) is 11.5 Å². The molecule has 1 aromatic heterocycles. The summed E-state index contributed by atoms with van der Waals surface area (Å²) in [6, 6.07) is 5.33. The Bertz CT molecular complexity index is 856. The van der Waals surface area contributed by atoms with Gasteiger partial charge >= 0.3 is 5.97 Å².